The van der Waals surface area contributed by atoms with Gasteiger partial charge in [-0.25, -0.2) is 4.79 Å². The fraction of sp³-hybridized carbons (Fsp3) is 0.467. The molecule has 0 saturated heterocycles. The van der Waals surface area contributed by atoms with Crippen molar-refractivity contribution in [2.45, 2.75) is 31.6 Å². The van der Waals surface area contributed by atoms with Crippen LogP contribution >= 0.6 is 0 Å². The van der Waals surface area contributed by atoms with Crippen molar-refractivity contribution in [1.29, 1.82) is 0 Å². The Morgan fingerprint density at radius 1 is 1.25 bits per heavy atom. The van der Waals surface area contributed by atoms with Crippen molar-refractivity contribution in [3.63, 3.8) is 0 Å². The van der Waals surface area contributed by atoms with E-state index in [4.69, 9.17) is 5.11 Å². The zero-order valence-corrected chi connectivity index (χ0v) is 11.4. The number of aliphatic carboxylic acids is 1. The Kier molecular flexibility index (Phi) is 4.98. The number of hydrogen-bond donors (Lipinski definition) is 3. The number of aryl methyl sites for hydroxylation is 1. The van der Waals surface area contributed by atoms with E-state index >= 15 is 0 Å². The zero-order valence-electron chi connectivity index (χ0n) is 11.4. The Hall–Kier alpha value is -2.04. The molecule has 5 nitrogen and oxygen atoms in total. The van der Waals surface area contributed by atoms with Gasteiger partial charge in [0.1, 0.15) is 0 Å². The molecule has 20 heavy (non-hydrogen) atoms. The summed E-state index contributed by atoms with van der Waals surface area (Å²) in [5.41, 5.74) is 2.71. The Morgan fingerprint density at radius 2 is 2.05 bits per heavy atom. The highest BCUT2D eigenvalue weighted by Crippen LogP contribution is 2.31. The first-order valence-electron chi connectivity index (χ1n) is 6.98. The van der Waals surface area contributed by atoms with Gasteiger partial charge in [0, 0.05) is 25.4 Å². The van der Waals surface area contributed by atoms with Gasteiger partial charge in [-0.3, -0.25) is 4.79 Å². The number of amides is 2. The molecule has 1 aromatic rings. The Morgan fingerprint density at radius 3 is 2.85 bits per heavy atom. The number of carbonyl (C=O) groups excluding carboxylic acids is 1. The van der Waals surface area contributed by atoms with Crippen LogP contribution in [0.2, 0.25) is 0 Å². The van der Waals surface area contributed by atoms with Gasteiger partial charge in [-0.1, -0.05) is 24.3 Å². The van der Waals surface area contributed by atoms with Gasteiger partial charge in [0.25, 0.3) is 0 Å². The van der Waals surface area contributed by atoms with E-state index in [1.165, 1.54) is 11.1 Å². The van der Waals surface area contributed by atoms with Crippen LogP contribution in [-0.4, -0.2) is 30.2 Å². The maximum atomic E-state index is 11.6. The topological polar surface area (TPSA) is 78.4 Å². The number of carbonyl (C=O) groups is 2. The summed E-state index contributed by atoms with van der Waals surface area (Å²) in [4.78, 5) is 21.9. The zero-order chi connectivity index (χ0) is 14.4. The summed E-state index contributed by atoms with van der Waals surface area (Å²) in [5.74, 6) is -0.453. The van der Waals surface area contributed by atoms with E-state index in [-0.39, 0.29) is 12.5 Å². The van der Waals surface area contributed by atoms with Gasteiger partial charge >= 0.3 is 12.0 Å². The minimum Gasteiger partial charge on any atom is -0.481 e. The molecule has 1 aliphatic rings. The fourth-order valence-corrected chi connectivity index (χ4v) is 2.58. The summed E-state index contributed by atoms with van der Waals surface area (Å²) >= 11 is 0. The molecule has 108 valence electrons. The summed E-state index contributed by atoms with van der Waals surface area (Å²) < 4.78 is 0. The predicted molar refractivity (Wildman–Crippen MR) is 75.8 cm³/mol. The smallest absolute Gasteiger partial charge is 0.314 e. The highest BCUT2D eigenvalue weighted by Gasteiger charge is 2.21. The van der Waals surface area contributed by atoms with Crippen molar-refractivity contribution in [1.82, 2.24) is 10.6 Å². The van der Waals surface area contributed by atoms with E-state index in [1.807, 2.05) is 12.1 Å². The van der Waals surface area contributed by atoms with Gasteiger partial charge in [0.05, 0.1) is 0 Å². The quantitative estimate of drug-likeness (QED) is 0.694. The van der Waals surface area contributed by atoms with Gasteiger partial charge in [-0.2, -0.15) is 0 Å². The molecule has 1 unspecified atom stereocenters. The van der Waals surface area contributed by atoms with Crippen molar-refractivity contribution in [2.75, 3.05) is 13.1 Å². The lowest BCUT2D eigenvalue weighted by atomic mass is 10.0. The summed E-state index contributed by atoms with van der Waals surface area (Å²) in [5, 5.41) is 14.0. The van der Waals surface area contributed by atoms with Gasteiger partial charge < -0.3 is 15.7 Å². The largest absolute Gasteiger partial charge is 0.481 e. The lowest BCUT2D eigenvalue weighted by Crippen LogP contribution is -2.38. The molecule has 2 amide bonds. The monoisotopic (exact) mass is 276 g/mol. The first-order chi connectivity index (χ1) is 9.66. The normalized spacial score (nSPS) is 16.5. The molecule has 0 fully saturated rings. The van der Waals surface area contributed by atoms with E-state index in [0.29, 0.717) is 25.4 Å². The fourth-order valence-electron chi connectivity index (χ4n) is 2.58. The number of urea groups is 1. The molecule has 0 bridgehead atoms. The number of rotatable bonds is 6. The van der Waals surface area contributed by atoms with Crippen molar-refractivity contribution >= 4 is 12.0 Å². The van der Waals surface area contributed by atoms with E-state index in [1.54, 1.807) is 0 Å². The van der Waals surface area contributed by atoms with Gasteiger partial charge in [0.2, 0.25) is 0 Å². The Bertz CT molecular complexity index is 488. The molecule has 0 radical (unpaired) electrons. The lowest BCUT2D eigenvalue weighted by Gasteiger charge is -2.13. The van der Waals surface area contributed by atoms with Crippen LogP contribution in [0.5, 0.6) is 0 Å². The third kappa shape index (κ3) is 3.98. The molecular weight excluding hydrogens is 256 g/mol. The molecule has 0 saturated carbocycles. The second-order valence-corrected chi connectivity index (χ2v) is 5.07. The molecule has 1 atom stereocenters. The standard InChI is InChI=1S/C15H20N2O3/c18-14(19)6-3-9-16-15(20)17-10-12-8-7-11-4-1-2-5-13(11)12/h1-2,4-5,12H,3,6-10H2,(H,18,19)(H2,16,17,20). The number of fused-ring (bicyclic) bond motifs is 1. The average molecular weight is 276 g/mol. The molecule has 1 aromatic carbocycles. The molecule has 1 aliphatic carbocycles. The summed E-state index contributed by atoms with van der Waals surface area (Å²) in [7, 11) is 0. The van der Waals surface area contributed by atoms with Crippen molar-refractivity contribution in [3.8, 4) is 0 Å². The molecular formula is C15H20N2O3. The highest BCUT2D eigenvalue weighted by molar-refractivity contribution is 5.74. The number of carboxylic acid groups (broad SMARTS) is 1. The summed E-state index contributed by atoms with van der Waals surface area (Å²) in [6, 6.07) is 8.12. The van der Waals surface area contributed by atoms with Crippen LogP contribution in [0.4, 0.5) is 4.79 Å². The summed E-state index contributed by atoms with van der Waals surface area (Å²) in [6.07, 6.45) is 2.67. The Labute approximate surface area is 118 Å². The van der Waals surface area contributed by atoms with Crippen molar-refractivity contribution < 1.29 is 14.7 Å². The molecule has 0 heterocycles. The van der Waals surface area contributed by atoms with Gasteiger partial charge in [0.15, 0.2) is 0 Å². The number of benzene rings is 1. The number of nitrogens with one attached hydrogen (secondary N) is 2. The third-order valence-electron chi connectivity index (χ3n) is 3.62. The molecule has 0 spiro atoms. The van der Waals surface area contributed by atoms with Crippen LogP contribution in [-0.2, 0) is 11.2 Å². The van der Waals surface area contributed by atoms with E-state index in [2.05, 4.69) is 22.8 Å². The second kappa shape index (κ2) is 6.93. The maximum absolute atomic E-state index is 11.6. The minimum absolute atomic E-state index is 0.0796. The minimum atomic E-state index is -0.838. The van der Waals surface area contributed by atoms with Crippen molar-refractivity contribution in [2.24, 2.45) is 0 Å². The summed E-state index contributed by atoms with van der Waals surface area (Å²) in [6.45, 7) is 1.02. The number of carboxylic acids is 1. The maximum Gasteiger partial charge on any atom is 0.314 e. The number of hydrogen-bond acceptors (Lipinski definition) is 2. The van der Waals surface area contributed by atoms with Crippen LogP contribution < -0.4 is 10.6 Å². The van der Waals surface area contributed by atoms with Crippen molar-refractivity contribution in [3.05, 3.63) is 35.4 Å². The molecule has 2 rings (SSSR count). The van der Waals surface area contributed by atoms with E-state index in [0.717, 1.165) is 12.8 Å². The average Bonchev–Trinajstić information content (AvgIpc) is 2.84. The van der Waals surface area contributed by atoms with Crippen LogP contribution in [0.1, 0.15) is 36.3 Å². The van der Waals surface area contributed by atoms with Crippen LogP contribution in [0.15, 0.2) is 24.3 Å². The first-order valence-corrected chi connectivity index (χ1v) is 6.98. The third-order valence-corrected chi connectivity index (χ3v) is 3.62. The molecule has 0 aliphatic heterocycles. The predicted octanol–water partition coefficient (Wildman–Crippen LogP) is 1.88. The molecule has 0 aromatic heterocycles. The SMILES string of the molecule is O=C(O)CCCNC(=O)NCC1CCc2ccccc21. The lowest BCUT2D eigenvalue weighted by molar-refractivity contribution is -0.137. The van der Waals surface area contributed by atoms with Gasteiger partial charge in [-0.05, 0) is 30.4 Å². The van der Waals surface area contributed by atoms with E-state index in [9.17, 15) is 9.59 Å². The van der Waals surface area contributed by atoms with Gasteiger partial charge in [-0.15, -0.1) is 0 Å². The van der Waals surface area contributed by atoms with Crippen LogP contribution in [0.25, 0.3) is 0 Å². The van der Waals surface area contributed by atoms with Crippen LogP contribution in [0.3, 0.4) is 0 Å². The Balaban J connectivity index is 1.68. The highest BCUT2D eigenvalue weighted by atomic mass is 16.4. The van der Waals surface area contributed by atoms with Crippen LogP contribution in [0, 0.1) is 0 Å². The molecule has 3 N–H and O–H groups in total. The second-order valence-electron chi connectivity index (χ2n) is 5.07. The van der Waals surface area contributed by atoms with E-state index < -0.39 is 5.97 Å². The first kappa shape index (κ1) is 14.4. The molecule has 5 heteroatoms.